The van der Waals surface area contributed by atoms with Gasteiger partial charge in [0.25, 0.3) is 5.91 Å². The fourth-order valence-electron chi connectivity index (χ4n) is 9.45. The summed E-state index contributed by atoms with van der Waals surface area (Å²) in [6.45, 7) is 0.322. The Balaban J connectivity index is 1.30. The molecule has 0 radical (unpaired) electrons. The number of nitrogens with one attached hydrogen (secondary N) is 7. The molecule has 3 saturated heterocycles. The summed E-state index contributed by atoms with van der Waals surface area (Å²) in [5.41, 5.74) is -1.32. The molecule has 3 fully saturated rings. The fourth-order valence-corrected chi connectivity index (χ4v) is 9.45. The van der Waals surface area contributed by atoms with Crippen LogP contribution in [0.25, 0.3) is 0 Å². The Kier molecular flexibility index (Phi) is 37.4. The summed E-state index contributed by atoms with van der Waals surface area (Å²) in [6, 6.07) is 2.77. The molecule has 0 bridgehead atoms. The van der Waals surface area contributed by atoms with Gasteiger partial charge in [-0.05, 0) is 24.3 Å². The Hall–Kier alpha value is -5.53. The number of carbonyl (C=O) groups is 7. The topological polar surface area (TPSA) is 506 Å². The third-order valence-electron chi connectivity index (χ3n) is 14.3. The number of benzene rings is 1. The van der Waals surface area contributed by atoms with Crippen molar-refractivity contribution in [2.24, 2.45) is 0 Å². The van der Waals surface area contributed by atoms with E-state index in [1.54, 1.807) is 12.1 Å². The zero-order valence-corrected chi connectivity index (χ0v) is 52.6. The van der Waals surface area contributed by atoms with Crippen molar-refractivity contribution < 1.29 is 141 Å². The first-order chi connectivity index (χ1) is 44.6. The average Bonchev–Trinajstić information content (AvgIpc) is 0.972. The van der Waals surface area contributed by atoms with Crippen molar-refractivity contribution in [1.82, 2.24) is 37.2 Å². The van der Waals surface area contributed by atoms with E-state index in [-0.39, 0.29) is 144 Å². The highest BCUT2D eigenvalue weighted by molar-refractivity contribution is 5.95. The molecular weight excluding hydrogens is 1250 g/mol. The Bertz CT molecular complexity index is 2170. The molecule has 1 aromatic rings. The molecule has 0 spiro atoms. The van der Waals surface area contributed by atoms with Crippen molar-refractivity contribution in [3.63, 3.8) is 0 Å². The van der Waals surface area contributed by atoms with Crippen molar-refractivity contribution >= 4 is 41.4 Å². The quantitative estimate of drug-likeness (QED) is 0.0270. The van der Waals surface area contributed by atoms with E-state index in [4.69, 9.17) is 61.6 Å². The molecule has 36 nitrogen and oxygen atoms in total. The van der Waals surface area contributed by atoms with Gasteiger partial charge in [-0.2, -0.15) is 0 Å². The van der Waals surface area contributed by atoms with Crippen LogP contribution in [0.15, 0.2) is 24.3 Å². The van der Waals surface area contributed by atoms with Crippen LogP contribution in [0.1, 0.15) is 50.4 Å². The highest BCUT2D eigenvalue weighted by Crippen LogP contribution is 2.25. The molecular formula is C57H95N7O29. The van der Waals surface area contributed by atoms with Crippen molar-refractivity contribution in [2.45, 2.75) is 138 Å². The van der Waals surface area contributed by atoms with E-state index in [0.717, 1.165) is 0 Å². The molecule has 15 atom stereocenters. The standard InChI is InChI=1S/C57H95N7O29/c1-33(68)61-44-50(77)47(74)38(27-65)91-54(44)88-24-21-82-18-12-58-41(71)9-15-85-30-57(64-53(80)36-5-7-37(81-4)8-6-36,31-86-16-10-42(72)59-13-19-83-22-25-89-55-45(62-34(2)69)51(78)48(75)39(28-66)92-55)32-87-17-11-43(73)60-14-20-84-23-26-90-56-46(63-35(3)70)52(79)49(76)40(29-67)93-56/h5-8,38-40,44-52,54-56,65-67,74-79H,9-32H2,1-4H3,(H,58,71)(H,59,72)(H,60,73)(H,61,68)(H,62,69)(H,63,70)(H,64,80). The van der Waals surface area contributed by atoms with Gasteiger partial charge in [0, 0.05) is 65.2 Å². The van der Waals surface area contributed by atoms with Crippen LogP contribution in [-0.2, 0) is 85.6 Å². The van der Waals surface area contributed by atoms with Crippen LogP contribution in [0, 0.1) is 0 Å². The molecule has 16 N–H and O–H groups in total. The van der Waals surface area contributed by atoms with Crippen LogP contribution >= 0.6 is 0 Å². The summed E-state index contributed by atoms with van der Waals surface area (Å²) in [7, 11) is 1.46. The molecule has 3 heterocycles. The molecule has 36 heteroatoms. The lowest BCUT2D eigenvalue weighted by atomic mass is 9.97. The van der Waals surface area contributed by atoms with E-state index in [2.05, 4.69) is 37.2 Å². The number of amides is 7. The lowest BCUT2D eigenvalue weighted by Crippen LogP contribution is -2.64. The minimum Gasteiger partial charge on any atom is -0.497 e. The van der Waals surface area contributed by atoms with Gasteiger partial charge < -0.3 is 145 Å². The summed E-state index contributed by atoms with van der Waals surface area (Å²) < 4.78 is 73.4. The Labute approximate surface area is 537 Å². The van der Waals surface area contributed by atoms with Gasteiger partial charge in [0.15, 0.2) is 18.9 Å². The second-order valence-corrected chi connectivity index (χ2v) is 21.7. The SMILES string of the molecule is COc1ccc(C(=O)NC(COCCC(=O)NCCOCCOC2OC(CO)C(O)C(O)C2NC(C)=O)(COCCC(=O)NCCOCCOC2OC(CO)C(O)C(O)C2NC(C)=O)COCCC(=O)NCCOCCOC2OC(CO)C(O)C(O)C2NC(C)=O)cc1. The molecule has 3 aliphatic rings. The second kappa shape index (κ2) is 43.5. The van der Waals surface area contributed by atoms with Gasteiger partial charge >= 0.3 is 0 Å². The van der Waals surface area contributed by atoms with Gasteiger partial charge in [-0.1, -0.05) is 0 Å². The van der Waals surface area contributed by atoms with Gasteiger partial charge in [0.1, 0.15) is 84.3 Å². The third-order valence-corrected chi connectivity index (χ3v) is 14.3. The summed E-state index contributed by atoms with van der Waals surface area (Å²) in [5, 5.41) is 109. The number of aliphatic hydroxyl groups is 9. The fraction of sp³-hybridized carbons (Fsp3) is 0.772. The van der Waals surface area contributed by atoms with Crippen LogP contribution < -0.4 is 42.0 Å². The van der Waals surface area contributed by atoms with Crippen molar-refractivity contribution in [2.75, 3.05) is 146 Å². The second-order valence-electron chi connectivity index (χ2n) is 21.7. The molecule has 3 aliphatic heterocycles. The highest BCUT2D eigenvalue weighted by Gasteiger charge is 2.48. The Morgan fingerprint density at radius 1 is 0.430 bits per heavy atom. The first-order valence-electron chi connectivity index (χ1n) is 30.3. The number of hydrogen-bond acceptors (Lipinski definition) is 29. The highest BCUT2D eigenvalue weighted by atomic mass is 16.7. The molecule has 0 saturated carbocycles. The molecule has 532 valence electrons. The molecule has 15 unspecified atom stereocenters. The van der Waals surface area contributed by atoms with Crippen LogP contribution in [0.4, 0.5) is 0 Å². The van der Waals surface area contributed by atoms with E-state index >= 15 is 0 Å². The summed E-state index contributed by atoms with van der Waals surface area (Å²) >= 11 is 0. The molecule has 7 amide bonds. The van der Waals surface area contributed by atoms with Gasteiger partial charge in [-0.15, -0.1) is 0 Å². The van der Waals surface area contributed by atoms with Crippen LogP contribution in [0.5, 0.6) is 5.75 Å². The largest absolute Gasteiger partial charge is 0.497 e. The number of methoxy groups -OCH3 is 1. The van der Waals surface area contributed by atoms with Crippen LogP contribution in [0.2, 0.25) is 0 Å². The third kappa shape index (κ3) is 28.4. The maximum absolute atomic E-state index is 14.0. The van der Waals surface area contributed by atoms with Gasteiger partial charge in [0.05, 0.1) is 126 Å². The summed E-state index contributed by atoms with van der Waals surface area (Å²) in [6.07, 6.45) is -16.6. The normalized spacial score (nSPS) is 26.8. The minimum atomic E-state index is -1.52. The van der Waals surface area contributed by atoms with E-state index < -0.39 is 159 Å². The number of carbonyl (C=O) groups excluding carboxylic acids is 7. The smallest absolute Gasteiger partial charge is 0.251 e. The molecule has 1 aromatic carbocycles. The predicted molar refractivity (Wildman–Crippen MR) is 315 cm³/mol. The van der Waals surface area contributed by atoms with Gasteiger partial charge in [0.2, 0.25) is 35.4 Å². The van der Waals surface area contributed by atoms with Gasteiger partial charge in [-0.3, -0.25) is 33.6 Å². The lowest BCUT2D eigenvalue weighted by Gasteiger charge is -2.42. The van der Waals surface area contributed by atoms with E-state index in [0.29, 0.717) is 5.75 Å². The summed E-state index contributed by atoms with van der Waals surface area (Å²) in [4.78, 5) is 87.9. The number of rotatable bonds is 45. The lowest BCUT2D eigenvalue weighted by molar-refractivity contribution is -0.272. The van der Waals surface area contributed by atoms with E-state index in [9.17, 15) is 79.5 Å². The van der Waals surface area contributed by atoms with Gasteiger partial charge in [-0.25, -0.2) is 0 Å². The zero-order chi connectivity index (χ0) is 68.3. The monoisotopic (exact) mass is 1340 g/mol. The predicted octanol–water partition coefficient (Wildman–Crippen LogP) is -8.34. The maximum atomic E-state index is 14.0. The molecule has 0 aromatic heterocycles. The number of aliphatic hydroxyl groups excluding tert-OH is 9. The minimum absolute atomic E-state index is 0.00808. The van der Waals surface area contributed by atoms with Crippen LogP contribution in [-0.4, -0.2) is 330 Å². The van der Waals surface area contributed by atoms with Crippen LogP contribution in [0.3, 0.4) is 0 Å². The first-order valence-corrected chi connectivity index (χ1v) is 30.3. The number of ether oxygens (including phenoxy) is 13. The van der Waals surface area contributed by atoms with Crippen molar-refractivity contribution in [3.05, 3.63) is 29.8 Å². The number of hydrogen-bond donors (Lipinski definition) is 16. The Morgan fingerprint density at radius 3 is 1.02 bits per heavy atom. The van der Waals surface area contributed by atoms with Crippen molar-refractivity contribution in [1.29, 1.82) is 0 Å². The first kappa shape index (κ1) is 79.9. The molecule has 4 rings (SSSR count). The van der Waals surface area contributed by atoms with E-state index in [1.807, 2.05) is 0 Å². The molecule has 0 aliphatic carbocycles. The van der Waals surface area contributed by atoms with E-state index in [1.165, 1.54) is 40.0 Å². The average molecular weight is 1340 g/mol. The summed E-state index contributed by atoms with van der Waals surface area (Å²) in [5.74, 6) is -2.98. The molecule has 93 heavy (non-hydrogen) atoms. The maximum Gasteiger partial charge on any atom is 0.251 e. The zero-order valence-electron chi connectivity index (χ0n) is 52.6. The van der Waals surface area contributed by atoms with Crippen molar-refractivity contribution in [3.8, 4) is 5.75 Å². The Morgan fingerprint density at radius 2 is 0.742 bits per heavy atom.